The van der Waals surface area contributed by atoms with Gasteiger partial charge in [-0.1, -0.05) is 0 Å². The van der Waals surface area contributed by atoms with Gasteiger partial charge in [-0.3, -0.25) is 0 Å². The number of allylic oxidation sites excluding steroid dienone is 2. The molecule has 0 bridgehead atoms. The van der Waals surface area contributed by atoms with Gasteiger partial charge in [-0.15, -0.1) is 0 Å². The van der Waals surface area contributed by atoms with Crippen LogP contribution in [0.4, 0.5) is 17.6 Å². The molecule has 0 heterocycles. The van der Waals surface area contributed by atoms with E-state index in [0.717, 1.165) is 31.8 Å². The van der Waals surface area contributed by atoms with E-state index in [1.807, 2.05) is 0 Å². The summed E-state index contributed by atoms with van der Waals surface area (Å²) in [5.74, 6) is -6.73. The van der Waals surface area contributed by atoms with Crippen LogP contribution < -0.4 is 4.74 Å². The Morgan fingerprint density at radius 3 is 2.00 bits per heavy atom. The zero-order valence-electron chi connectivity index (χ0n) is 10.0. The van der Waals surface area contributed by atoms with Crippen molar-refractivity contribution in [2.45, 2.75) is 33.1 Å². The summed E-state index contributed by atoms with van der Waals surface area (Å²) in [7, 11) is 0. The third kappa shape index (κ3) is 1.98. The fourth-order valence-electron chi connectivity index (χ4n) is 1.77. The summed E-state index contributed by atoms with van der Waals surface area (Å²) in [6.07, 6.45) is 2.68. The molecule has 0 unspecified atom stereocenters. The Hall–Kier alpha value is -1.52. The van der Waals surface area contributed by atoms with Crippen LogP contribution in [0.1, 0.15) is 31.7 Å². The van der Waals surface area contributed by atoms with E-state index in [1.165, 1.54) is 0 Å². The van der Waals surface area contributed by atoms with Crippen molar-refractivity contribution in [1.82, 2.24) is 0 Å². The van der Waals surface area contributed by atoms with E-state index in [1.54, 1.807) is 6.92 Å². The Morgan fingerprint density at radius 2 is 1.50 bits per heavy atom. The fraction of sp³-hybridized carbons (Fsp3) is 0.385. The first-order chi connectivity index (χ1) is 8.43. The lowest BCUT2D eigenvalue weighted by molar-refractivity contribution is 0.340. The quantitative estimate of drug-likeness (QED) is 0.331. The molecular weight excluding hydrogens is 248 g/mol. The summed E-state index contributed by atoms with van der Waals surface area (Å²) in [5.41, 5.74) is 0.615. The first-order valence-corrected chi connectivity index (χ1v) is 5.62. The molecule has 0 amide bonds. The third-order valence-electron chi connectivity index (χ3n) is 3.16. The molecule has 1 aromatic rings. The van der Waals surface area contributed by atoms with Gasteiger partial charge in [0.1, 0.15) is 5.76 Å². The summed E-state index contributed by atoms with van der Waals surface area (Å²) >= 11 is 0. The van der Waals surface area contributed by atoms with Gasteiger partial charge in [0.15, 0.2) is 17.4 Å². The Labute approximate surface area is 102 Å². The van der Waals surface area contributed by atoms with Crippen LogP contribution in [0.2, 0.25) is 0 Å². The van der Waals surface area contributed by atoms with Crippen molar-refractivity contribution in [3.63, 3.8) is 0 Å². The summed E-state index contributed by atoms with van der Waals surface area (Å²) in [6.45, 7) is 2.75. The third-order valence-corrected chi connectivity index (χ3v) is 3.16. The summed E-state index contributed by atoms with van der Waals surface area (Å²) in [4.78, 5) is 0. The predicted molar refractivity (Wildman–Crippen MR) is 58.2 cm³/mol. The lowest BCUT2D eigenvalue weighted by Gasteiger charge is -2.21. The second kappa shape index (κ2) is 4.63. The number of rotatable bonds is 2. The van der Waals surface area contributed by atoms with E-state index in [9.17, 15) is 17.6 Å². The Balaban J connectivity index is 2.45. The molecule has 18 heavy (non-hydrogen) atoms. The van der Waals surface area contributed by atoms with Crippen LogP contribution in [0.15, 0.2) is 11.3 Å². The van der Waals surface area contributed by atoms with E-state index in [-0.39, 0.29) is 5.56 Å². The highest BCUT2D eigenvalue weighted by atomic mass is 19.2. The van der Waals surface area contributed by atoms with Gasteiger partial charge >= 0.3 is 0 Å². The molecule has 0 saturated heterocycles. The van der Waals surface area contributed by atoms with E-state index >= 15 is 0 Å². The van der Waals surface area contributed by atoms with Crippen molar-refractivity contribution in [3.05, 3.63) is 40.2 Å². The van der Waals surface area contributed by atoms with Gasteiger partial charge in [0.2, 0.25) is 11.6 Å². The minimum absolute atomic E-state index is 0.370. The van der Waals surface area contributed by atoms with Gasteiger partial charge in [0.25, 0.3) is 0 Å². The van der Waals surface area contributed by atoms with Crippen molar-refractivity contribution in [2.24, 2.45) is 0 Å². The predicted octanol–water partition coefficient (Wildman–Crippen LogP) is 4.39. The molecule has 1 nitrogen and oxygen atoms in total. The molecular formula is C13H12F4O. The molecule has 1 fully saturated rings. The molecule has 0 spiro atoms. The molecule has 0 aromatic heterocycles. The first-order valence-electron chi connectivity index (χ1n) is 5.62. The molecule has 0 aliphatic heterocycles. The monoisotopic (exact) mass is 260 g/mol. The second-order valence-electron chi connectivity index (χ2n) is 4.33. The van der Waals surface area contributed by atoms with Crippen LogP contribution in [0.25, 0.3) is 0 Å². The Kier molecular flexibility index (Phi) is 3.32. The summed E-state index contributed by atoms with van der Waals surface area (Å²) < 4.78 is 58.0. The average molecular weight is 260 g/mol. The largest absolute Gasteiger partial charge is 0.458 e. The molecule has 1 aliphatic rings. The maximum atomic E-state index is 13.5. The lowest BCUT2D eigenvalue weighted by Crippen LogP contribution is -2.09. The van der Waals surface area contributed by atoms with Crippen molar-refractivity contribution in [1.29, 1.82) is 0 Å². The number of benzene rings is 1. The molecule has 1 aromatic carbocycles. The Morgan fingerprint density at radius 1 is 0.944 bits per heavy atom. The molecule has 1 aliphatic carbocycles. The maximum Gasteiger partial charge on any atom is 0.204 e. The minimum Gasteiger partial charge on any atom is -0.458 e. The molecule has 0 atom stereocenters. The highest BCUT2D eigenvalue weighted by Crippen LogP contribution is 2.34. The maximum absolute atomic E-state index is 13.5. The van der Waals surface area contributed by atoms with E-state index in [0.29, 0.717) is 5.76 Å². The van der Waals surface area contributed by atoms with Crippen LogP contribution in [-0.4, -0.2) is 0 Å². The van der Waals surface area contributed by atoms with E-state index in [4.69, 9.17) is 4.74 Å². The first kappa shape index (κ1) is 12.9. The Bertz CT molecular complexity index is 499. The van der Waals surface area contributed by atoms with Gasteiger partial charge in [0, 0.05) is 5.56 Å². The molecule has 5 heteroatoms. The highest BCUT2D eigenvalue weighted by molar-refractivity contribution is 5.38. The lowest BCUT2D eigenvalue weighted by atomic mass is 9.91. The van der Waals surface area contributed by atoms with Gasteiger partial charge in [-0.2, -0.15) is 4.39 Å². The van der Waals surface area contributed by atoms with Crippen LogP contribution in [0.5, 0.6) is 5.75 Å². The number of hydrogen-bond donors (Lipinski definition) is 0. The van der Waals surface area contributed by atoms with E-state index in [2.05, 4.69) is 0 Å². The van der Waals surface area contributed by atoms with Gasteiger partial charge in [0.05, 0.1) is 0 Å². The average Bonchev–Trinajstić information content (AvgIpc) is 2.27. The van der Waals surface area contributed by atoms with Gasteiger partial charge < -0.3 is 4.74 Å². The molecule has 2 rings (SSSR count). The van der Waals surface area contributed by atoms with Crippen molar-refractivity contribution in [2.75, 3.05) is 0 Å². The molecule has 1 saturated carbocycles. The highest BCUT2D eigenvalue weighted by Gasteiger charge is 2.25. The standard InChI is InChI=1S/C13H12F4O/c1-6-9(14)10(15)11(16)12(17)13(6)18-7(2)8-4-3-5-8/h3-5H2,1-2H3. The van der Waals surface area contributed by atoms with E-state index < -0.39 is 29.0 Å². The van der Waals surface area contributed by atoms with Crippen molar-refractivity contribution < 1.29 is 22.3 Å². The molecule has 0 radical (unpaired) electrons. The second-order valence-corrected chi connectivity index (χ2v) is 4.33. The SMILES string of the molecule is CC(Oc1c(C)c(F)c(F)c(F)c1F)=C1CCC1. The van der Waals surface area contributed by atoms with Crippen LogP contribution in [0.3, 0.4) is 0 Å². The van der Waals surface area contributed by atoms with Crippen molar-refractivity contribution in [3.8, 4) is 5.75 Å². The molecule has 0 N–H and O–H groups in total. The normalized spacial score (nSPS) is 14.4. The van der Waals surface area contributed by atoms with Crippen LogP contribution in [0, 0.1) is 30.2 Å². The number of hydrogen-bond acceptors (Lipinski definition) is 1. The summed E-state index contributed by atoms with van der Waals surface area (Å²) in [6, 6.07) is 0. The molecule has 98 valence electrons. The van der Waals surface area contributed by atoms with Gasteiger partial charge in [-0.25, -0.2) is 13.2 Å². The number of ether oxygens (including phenoxy) is 1. The summed E-state index contributed by atoms with van der Waals surface area (Å²) in [5, 5.41) is 0. The van der Waals surface area contributed by atoms with Crippen molar-refractivity contribution >= 4 is 0 Å². The zero-order valence-corrected chi connectivity index (χ0v) is 10.0. The van der Waals surface area contributed by atoms with Crippen LogP contribution in [-0.2, 0) is 0 Å². The van der Waals surface area contributed by atoms with Gasteiger partial charge in [-0.05, 0) is 38.7 Å². The zero-order chi connectivity index (χ0) is 13.4. The topological polar surface area (TPSA) is 9.23 Å². The van der Waals surface area contributed by atoms with Crippen LogP contribution >= 0.6 is 0 Å². The number of halogens is 4. The fourth-order valence-corrected chi connectivity index (χ4v) is 1.77. The minimum atomic E-state index is -1.85. The smallest absolute Gasteiger partial charge is 0.204 e.